The highest BCUT2D eigenvalue weighted by Crippen LogP contribution is 2.32. The smallest absolute Gasteiger partial charge is 0.309 e. The Morgan fingerprint density at radius 2 is 1.96 bits per heavy atom. The van der Waals surface area contributed by atoms with Crippen molar-refractivity contribution >= 4 is 5.97 Å². The van der Waals surface area contributed by atoms with Crippen LogP contribution < -0.4 is 0 Å². The number of ether oxygens (including phenoxy) is 1. The van der Waals surface area contributed by atoms with Gasteiger partial charge < -0.3 is 9.30 Å². The lowest BCUT2D eigenvalue weighted by molar-refractivity contribution is -0.150. The molecule has 0 spiro atoms. The maximum Gasteiger partial charge on any atom is 0.309 e. The Hall–Kier alpha value is -2.10. The van der Waals surface area contributed by atoms with Crippen molar-refractivity contribution in [2.24, 2.45) is 11.8 Å². The van der Waals surface area contributed by atoms with Crippen molar-refractivity contribution in [3.63, 3.8) is 0 Å². The molecule has 1 aliphatic carbocycles. The molecule has 2 aromatic rings. The number of carbonyl (C=O) groups is 1. The van der Waals surface area contributed by atoms with Gasteiger partial charge in [0.25, 0.3) is 0 Å². The molecular weight excluding hydrogens is 336 g/mol. The molecular formula is C23H32N2O2. The van der Waals surface area contributed by atoms with E-state index in [2.05, 4.69) is 29.6 Å². The van der Waals surface area contributed by atoms with Crippen LogP contribution in [0.1, 0.15) is 69.7 Å². The van der Waals surface area contributed by atoms with E-state index in [1.165, 1.54) is 25.7 Å². The van der Waals surface area contributed by atoms with E-state index in [9.17, 15) is 4.79 Å². The highest BCUT2D eigenvalue weighted by atomic mass is 16.5. The normalized spacial score (nSPS) is 21.0. The molecule has 4 nitrogen and oxygen atoms in total. The van der Waals surface area contributed by atoms with Crippen LogP contribution in [0.15, 0.2) is 42.9 Å². The molecule has 0 amide bonds. The third kappa shape index (κ3) is 5.69. The minimum absolute atomic E-state index is 0.109. The Morgan fingerprint density at radius 3 is 2.67 bits per heavy atom. The summed E-state index contributed by atoms with van der Waals surface area (Å²) >= 11 is 0. The number of aromatic nitrogens is 2. The molecule has 1 atom stereocenters. The van der Waals surface area contributed by atoms with E-state index in [1.807, 2.05) is 36.7 Å². The van der Waals surface area contributed by atoms with Gasteiger partial charge in [-0.2, -0.15) is 0 Å². The fourth-order valence-electron chi connectivity index (χ4n) is 3.98. The van der Waals surface area contributed by atoms with Crippen LogP contribution in [0.4, 0.5) is 0 Å². The Balaban J connectivity index is 1.56. The van der Waals surface area contributed by atoms with Crippen LogP contribution in [0.5, 0.6) is 0 Å². The Labute approximate surface area is 163 Å². The number of rotatable bonds is 8. The van der Waals surface area contributed by atoms with Crippen LogP contribution in [0, 0.1) is 11.8 Å². The van der Waals surface area contributed by atoms with Gasteiger partial charge in [0.15, 0.2) is 0 Å². The van der Waals surface area contributed by atoms with E-state index in [4.69, 9.17) is 4.74 Å². The zero-order chi connectivity index (χ0) is 19.1. The van der Waals surface area contributed by atoms with Crippen LogP contribution in [-0.4, -0.2) is 15.5 Å². The van der Waals surface area contributed by atoms with Crippen molar-refractivity contribution in [1.82, 2.24) is 9.55 Å². The van der Waals surface area contributed by atoms with Gasteiger partial charge in [-0.25, -0.2) is 4.98 Å². The summed E-state index contributed by atoms with van der Waals surface area (Å²) in [5.74, 6) is 0.618. The monoisotopic (exact) mass is 368 g/mol. The van der Waals surface area contributed by atoms with Gasteiger partial charge >= 0.3 is 5.97 Å². The zero-order valence-corrected chi connectivity index (χ0v) is 16.6. The summed E-state index contributed by atoms with van der Waals surface area (Å²) in [6, 6.07) is 10.4. The third-order valence-electron chi connectivity index (χ3n) is 5.71. The van der Waals surface area contributed by atoms with E-state index in [0.29, 0.717) is 19.1 Å². The van der Waals surface area contributed by atoms with Crippen LogP contribution in [0.3, 0.4) is 0 Å². The molecule has 0 saturated heterocycles. The van der Waals surface area contributed by atoms with E-state index >= 15 is 0 Å². The first-order chi connectivity index (χ1) is 13.2. The topological polar surface area (TPSA) is 44.1 Å². The van der Waals surface area contributed by atoms with Crippen LogP contribution >= 0.6 is 0 Å². The lowest BCUT2D eigenvalue weighted by Crippen LogP contribution is -2.20. The van der Waals surface area contributed by atoms with Gasteiger partial charge in [0, 0.05) is 18.7 Å². The number of hydrogen-bond acceptors (Lipinski definition) is 3. The first kappa shape index (κ1) is 19.7. The van der Waals surface area contributed by atoms with Crippen molar-refractivity contribution in [3.8, 4) is 0 Å². The summed E-state index contributed by atoms with van der Waals surface area (Å²) < 4.78 is 7.84. The molecule has 0 aliphatic heterocycles. The molecule has 1 heterocycles. The minimum Gasteiger partial charge on any atom is -0.461 e. The molecule has 3 rings (SSSR count). The van der Waals surface area contributed by atoms with E-state index in [-0.39, 0.29) is 11.9 Å². The van der Waals surface area contributed by atoms with Crippen LogP contribution in [0.2, 0.25) is 0 Å². The summed E-state index contributed by atoms with van der Waals surface area (Å²) in [4.78, 5) is 17.2. The van der Waals surface area contributed by atoms with Gasteiger partial charge in [-0.15, -0.1) is 0 Å². The molecule has 0 radical (unpaired) electrons. The fraction of sp³-hybridized carbons (Fsp3) is 0.565. The maximum absolute atomic E-state index is 12.6. The van der Waals surface area contributed by atoms with Gasteiger partial charge in [0.05, 0.1) is 17.9 Å². The van der Waals surface area contributed by atoms with Gasteiger partial charge in [-0.05, 0) is 43.6 Å². The van der Waals surface area contributed by atoms with Crippen molar-refractivity contribution < 1.29 is 9.53 Å². The SMILES string of the molecule is CCCC(Cc1cn(C2CCC(C)CC2)cn1)C(=O)OCc1ccccc1. The molecule has 1 saturated carbocycles. The second-order valence-electron chi connectivity index (χ2n) is 8.01. The van der Waals surface area contributed by atoms with Crippen molar-refractivity contribution in [1.29, 1.82) is 0 Å². The van der Waals surface area contributed by atoms with Crippen LogP contribution in [0.25, 0.3) is 0 Å². The molecule has 146 valence electrons. The van der Waals surface area contributed by atoms with Crippen molar-refractivity contribution in [2.45, 2.75) is 71.4 Å². The summed E-state index contributed by atoms with van der Waals surface area (Å²) in [7, 11) is 0. The largest absolute Gasteiger partial charge is 0.461 e. The highest BCUT2D eigenvalue weighted by Gasteiger charge is 2.23. The maximum atomic E-state index is 12.6. The molecule has 4 heteroatoms. The van der Waals surface area contributed by atoms with Crippen molar-refractivity contribution in [3.05, 3.63) is 54.1 Å². The summed E-state index contributed by atoms with van der Waals surface area (Å²) in [5.41, 5.74) is 2.03. The van der Waals surface area contributed by atoms with E-state index in [1.54, 1.807) is 0 Å². The lowest BCUT2D eigenvalue weighted by atomic mass is 9.87. The molecule has 1 aliphatic rings. The van der Waals surface area contributed by atoms with Crippen LogP contribution in [-0.2, 0) is 22.6 Å². The number of benzene rings is 1. The molecule has 1 aromatic carbocycles. The number of nitrogens with zero attached hydrogens (tertiary/aromatic N) is 2. The number of carbonyl (C=O) groups excluding carboxylic acids is 1. The molecule has 1 aromatic heterocycles. The molecule has 27 heavy (non-hydrogen) atoms. The Kier molecular flexibility index (Phi) is 7.08. The highest BCUT2D eigenvalue weighted by molar-refractivity contribution is 5.72. The zero-order valence-electron chi connectivity index (χ0n) is 16.6. The van der Waals surface area contributed by atoms with Gasteiger partial charge in [0.1, 0.15) is 6.61 Å². The molecule has 0 N–H and O–H groups in total. The van der Waals surface area contributed by atoms with Gasteiger partial charge in [-0.3, -0.25) is 4.79 Å². The summed E-state index contributed by atoms with van der Waals surface area (Å²) in [6.45, 7) is 4.79. The van der Waals surface area contributed by atoms with Gasteiger partial charge in [-0.1, -0.05) is 50.6 Å². The Bertz CT molecular complexity index is 702. The first-order valence-electron chi connectivity index (χ1n) is 10.4. The molecule has 1 fully saturated rings. The van der Waals surface area contributed by atoms with Gasteiger partial charge in [0.2, 0.25) is 0 Å². The summed E-state index contributed by atoms with van der Waals surface area (Å²) in [5, 5.41) is 0. The minimum atomic E-state index is -0.117. The summed E-state index contributed by atoms with van der Waals surface area (Å²) in [6.07, 6.45) is 11.6. The van der Waals surface area contributed by atoms with Crippen molar-refractivity contribution in [2.75, 3.05) is 0 Å². The molecule has 0 bridgehead atoms. The average molecular weight is 369 g/mol. The Morgan fingerprint density at radius 1 is 1.22 bits per heavy atom. The van der Waals surface area contributed by atoms with E-state index in [0.717, 1.165) is 30.0 Å². The predicted octanol–water partition coefficient (Wildman–Crippen LogP) is 5.34. The standard InChI is InChI=1S/C23H32N2O2/c1-3-7-20(23(26)27-16-19-8-5-4-6-9-19)14-21-15-25(17-24-21)22-12-10-18(2)11-13-22/h4-6,8-9,15,17-18,20,22H,3,7,10-14,16H2,1-2H3. The number of esters is 1. The fourth-order valence-corrected chi connectivity index (χ4v) is 3.98. The predicted molar refractivity (Wildman–Crippen MR) is 107 cm³/mol. The first-order valence-corrected chi connectivity index (χ1v) is 10.4. The number of hydrogen-bond donors (Lipinski definition) is 0. The molecule has 1 unspecified atom stereocenters. The van der Waals surface area contributed by atoms with E-state index < -0.39 is 0 Å². The average Bonchev–Trinajstić information content (AvgIpc) is 3.16. The number of imidazole rings is 1. The second-order valence-corrected chi connectivity index (χ2v) is 8.01. The second kappa shape index (κ2) is 9.72. The third-order valence-corrected chi connectivity index (χ3v) is 5.71. The lowest BCUT2D eigenvalue weighted by Gasteiger charge is -2.26. The quantitative estimate of drug-likeness (QED) is 0.591.